The van der Waals surface area contributed by atoms with Crippen LogP contribution in [-0.4, -0.2) is 20.2 Å². The first kappa shape index (κ1) is 16.0. The minimum absolute atomic E-state index is 0.00277. The summed E-state index contributed by atoms with van der Waals surface area (Å²) in [7, 11) is 0. The Morgan fingerprint density at radius 1 is 1.00 bits per heavy atom. The molecule has 3 rings (SSSR count). The van der Waals surface area contributed by atoms with Crippen LogP contribution in [0.25, 0.3) is 11.4 Å². The largest absolute Gasteiger partial charge is 0.416 e. The summed E-state index contributed by atoms with van der Waals surface area (Å²) in [4.78, 5) is 0.980. The predicted octanol–water partition coefficient (Wildman–Crippen LogP) is 3.69. The van der Waals surface area contributed by atoms with Gasteiger partial charge in [-0.05, 0) is 23.4 Å². The Morgan fingerprint density at radius 3 is 2.50 bits per heavy atom. The fourth-order valence-electron chi connectivity index (χ4n) is 2.08. The van der Waals surface area contributed by atoms with Crippen molar-refractivity contribution in [3.05, 3.63) is 65.2 Å². The summed E-state index contributed by atoms with van der Waals surface area (Å²) in [6, 6.07) is 8.11. The smallest absolute Gasteiger partial charge is 0.204 e. The maximum absolute atomic E-state index is 13.6. The van der Waals surface area contributed by atoms with E-state index in [0.717, 1.165) is 23.0 Å². The Morgan fingerprint density at radius 2 is 1.75 bits per heavy atom. The molecule has 0 saturated heterocycles. The number of alkyl halides is 3. The van der Waals surface area contributed by atoms with Crippen molar-refractivity contribution in [2.24, 2.45) is 0 Å². The van der Waals surface area contributed by atoms with Crippen LogP contribution < -0.4 is 0 Å². The molecule has 0 saturated carbocycles. The van der Waals surface area contributed by atoms with Crippen LogP contribution in [0.4, 0.5) is 22.0 Å². The Labute approximate surface area is 132 Å². The van der Waals surface area contributed by atoms with Gasteiger partial charge in [0.2, 0.25) is 5.82 Å². The first-order valence-corrected chi connectivity index (χ1v) is 6.73. The lowest BCUT2D eigenvalue weighted by Crippen LogP contribution is -2.07. The van der Waals surface area contributed by atoms with Gasteiger partial charge in [0.15, 0.2) is 11.6 Å². The lowest BCUT2D eigenvalue weighted by Gasteiger charge is -2.06. The van der Waals surface area contributed by atoms with E-state index < -0.39 is 23.4 Å². The minimum atomic E-state index is -4.49. The van der Waals surface area contributed by atoms with E-state index in [1.54, 1.807) is 0 Å². The van der Waals surface area contributed by atoms with Gasteiger partial charge < -0.3 is 0 Å². The maximum atomic E-state index is 13.6. The number of tetrazole rings is 1. The van der Waals surface area contributed by atoms with Gasteiger partial charge in [0.1, 0.15) is 0 Å². The van der Waals surface area contributed by atoms with Gasteiger partial charge in [-0.3, -0.25) is 0 Å². The van der Waals surface area contributed by atoms with Gasteiger partial charge in [-0.1, -0.05) is 24.3 Å². The molecular formula is C15H9F5N4. The molecule has 0 amide bonds. The van der Waals surface area contributed by atoms with Gasteiger partial charge in [-0.2, -0.15) is 18.0 Å². The quantitative estimate of drug-likeness (QED) is 0.683. The molecule has 0 atom stereocenters. The molecular weight excluding hydrogens is 331 g/mol. The highest BCUT2D eigenvalue weighted by atomic mass is 19.4. The molecule has 0 radical (unpaired) electrons. The zero-order chi connectivity index (χ0) is 17.3. The molecule has 3 aromatic rings. The molecule has 1 aromatic heterocycles. The van der Waals surface area contributed by atoms with Crippen molar-refractivity contribution >= 4 is 0 Å². The number of aromatic nitrogens is 4. The molecule has 1 heterocycles. The second-order valence-corrected chi connectivity index (χ2v) is 4.93. The highest BCUT2D eigenvalue weighted by Crippen LogP contribution is 2.31. The minimum Gasteiger partial charge on any atom is -0.204 e. The zero-order valence-corrected chi connectivity index (χ0v) is 11.9. The second-order valence-electron chi connectivity index (χ2n) is 4.93. The fourth-order valence-corrected chi connectivity index (χ4v) is 2.08. The van der Waals surface area contributed by atoms with Crippen molar-refractivity contribution in [1.29, 1.82) is 0 Å². The average Bonchev–Trinajstić information content (AvgIpc) is 3.00. The molecule has 24 heavy (non-hydrogen) atoms. The molecule has 9 heteroatoms. The van der Waals surface area contributed by atoms with Crippen LogP contribution in [0.1, 0.15) is 11.1 Å². The molecule has 0 N–H and O–H groups in total. The van der Waals surface area contributed by atoms with E-state index in [1.165, 1.54) is 24.3 Å². The summed E-state index contributed by atoms with van der Waals surface area (Å²) >= 11 is 0. The van der Waals surface area contributed by atoms with E-state index in [-0.39, 0.29) is 23.5 Å². The number of rotatable bonds is 3. The molecule has 4 nitrogen and oxygen atoms in total. The third-order valence-corrected chi connectivity index (χ3v) is 3.24. The van der Waals surface area contributed by atoms with Crippen LogP contribution in [-0.2, 0) is 12.7 Å². The number of halogens is 5. The van der Waals surface area contributed by atoms with Crippen molar-refractivity contribution in [3.63, 3.8) is 0 Å². The van der Waals surface area contributed by atoms with Crippen LogP contribution in [0.2, 0.25) is 0 Å². The number of nitrogens with zero attached hydrogens (tertiary/aromatic N) is 4. The lowest BCUT2D eigenvalue weighted by atomic mass is 10.1. The summed E-state index contributed by atoms with van der Waals surface area (Å²) in [5.41, 5.74) is -0.716. The van der Waals surface area contributed by atoms with E-state index in [1.807, 2.05) is 0 Å². The van der Waals surface area contributed by atoms with E-state index in [4.69, 9.17) is 0 Å². The topological polar surface area (TPSA) is 43.6 Å². The zero-order valence-electron chi connectivity index (χ0n) is 11.9. The molecule has 0 unspecified atom stereocenters. The Hall–Kier alpha value is -2.84. The number of hydrogen-bond donors (Lipinski definition) is 0. The van der Waals surface area contributed by atoms with Crippen LogP contribution in [0.3, 0.4) is 0 Å². The molecule has 2 aromatic carbocycles. The summed E-state index contributed by atoms with van der Waals surface area (Å²) in [5, 5.41) is 11.2. The predicted molar refractivity (Wildman–Crippen MR) is 73.7 cm³/mol. The van der Waals surface area contributed by atoms with E-state index >= 15 is 0 Å². The third kappa shape index (κ3) is 3.24. The van der Waals surface area contributed by atoms with Crippen LogP contribution >= 0.6 is 0 Å². The summed E-state index contributed by atoms with van der Waals surface area (Å²) < 4.78 is 64.9. The van der Waals surface area contributed by atoms with Crippen LogP contribution in [0.5, 0.6) is 0 Å². The van der Waals surface area contributed by atoms with Crippen molar-refractivity contribution < 1.29 is 22.0 Å². The normalized spacial score (nSPS) is 11.7. The van der Waals surface area contributed by atoms with Gasteiger partial charge >= 0.3 is 6.18 Å². The first-order valence-electron chi connectivity index (χ1n) is 6.73. The van der Waals surface area contributed by atoms with E-state index in [0.29, 0.717) is 0 Å². The summed E-state index contributed by atoms with van der Waals surface area (Å²) in [6.45, 7) is -0.199. The molecule has 0 bridgehead atoms. The SMILES string of the molecule is Fc1cccc(Cn2nnc(-c3cccc(C(F)(F)F)c3)n2)c1F. The molecule has 0 aliphatic carbocycles. The van der Waals surface area contributed by atoms with Crippen LogP contribution in [0, 0.1) is 11.6 Å². The Kier molecular flexibility index (Phi) is 4.00. The standard InChI is InChI=1S/C15H9F5N4/c16-12-6-2-4-10(13(12)17)8-24-22-14(21-23-24)9-3-1-5-11(7-9)15(18,19)20/h1-7H,8H2. The van der Waals surface area contributed by atoms with Gasteiger partial charge in [0.05, 0.1) is 12.1 Å². The fraction of sp³-hybridized carbons (Fsp3) is 0.133. The Bertz CT molecular complexity index is 872. The number of hydrogen-bond acceptors (Lipinski definition) is 3. The van der Waals surface area contributed by atoms with Gasteiger partial charge in [-0.25, -0.2) is 8.78 Å². The first-order chi connectivity index (χ1) is 11.3. The van der Waals surface area contributed by atoms with E-state index in [9.17, 15) is 22.0 Å². The van der Waals surface area contributed by atoms with Gasteiger partial charge in [0.25, 0.3) is 0 Å². The summed E-state index contributed by atoms with van der Waals surface area (Å²) in [6.07, 6.45) is -4.49. The Balaban J connectivity index is 1.87. The van der Waals surface area contributed by atoms with Crippen molar-refractivity contribution in [2.45, 2.75) is 12.7 Å². The van der Waals surface area contributed by atoms with Crippen molar-refractivity contribution in [1.82, 2.24) is 20.2 Å². The highest BCUT2D eigenvalue weighted by Gasteiger charge is 2.30. The third-order valence-electron chi connectivity index (χ3n) is 3.24. The van der Waals surface area contributed by atoms with E-state index in [2.05, 4.69) is 15.4 Å². The highest BCUT2D eigenvalue weighted by molar-refractivity contribution is 5.55. The van der Waals surface area contributed by atoms with Crippen LogP contribution in [0.15, 0.2) is 42.5 Å². The van der Waals surface area contributed by atoms with Gasteiger partial charge in [-0.15, -0.1) is 10.2 Å². The molecule has 0 aliphatic heterocycles. The maximum Gasteiger partial charge on any atom is 0.416 e. The monoisotopic (exact) mass is 340 g/mol. The molecule has 0 aliphatic rings. The molecule has 124 valence electrons. The van der Waals surface area contributed by atoms with Gasteiger partial charge in [0, 0.05) is 11.1 Å². The van der Waals surface area contributed by atoms with Crippen molar-refractivity contribution in [2.75, 3.05) is 0 Å². The second kappa shape index (κ2) is 5.99. The molecule has 0 fully saturated rings. The summed E-state index contributed by atoms with van der Waals surface area (Å²) in [5.74, 6) is -2.08. The number of benzene rings is 2. The average molecular weight is 340 g/mol. The molecule has 0 spiro atoms. The van der Waals surface area contributed by atoms with Crippen molar-refractivity contribution in [3.8, 4) is 11.4 Å². The lowest BCUT2D eigenvalue weighted by molar-refractivity contribution is -0.137.